The Bertz CT molecular complexity index is 259. The molecule has 0 saturated carbocycles. The number of rotatable bonds is 3. The van der Waals surface area contributed by atoms with Crippen LogP contribution in [0.25, 0.3) is 0 Å². The normalized spacial score (nSPS) is 16.0. The van der Waals surface area contributed by atoms with Crippen LogP contribution in [0.1, 0.15) is 19.3 Å². The van der Waals surface area contributed by atoms with Crippen molar-refractivity contribution in [3.8, 4) is 0 Å². The number of hydrogen-bond donors (Lipinski definition) is 1. The molecule has 0 aliphatic heterocycles. The van der Waals surface area contributed by atoms with Crippen molar-refractivity contribution in [1.29, 1.82) is 0 Å². The molecule has 0 fully saturated rings. The van der Waals surface area contributed by atoms with Gasteiger partial charge in [-0.05, 0) is 12.8 Å². The van der Waals surface area contributed by atoms with Crippen molar-refractivity contribution >= 4 is 5.97 Å². The van der Waals surface area contributed by atoms with Crippen LogP contribution < -0.4 is 0 Å². The van der Waals surface area contributed by atoms with Gasteiger partial charge in [0.15, 0.2) is 0 Å². The Balaban J connectivity index is 2.40. The molecule has 0 radical (unpaired) electrons. The SMILES string of the molecule is C=C1C=CC(CCC(=O)O)=CC1. The first-order chi connectivity index (χ1) is 5.68. The predicted molar refractivity (Wildman–Crippen MR) is 47.8 cm³/mol. The first kappa shape index (κ1) is 8.78. The van der Waals surface area contributed by atoms with Crippen molar-refractivity contribution in [1.82, 2.24) is 0 Å². The molecular formula is C10H12O2. The minimum atomic E-state index is -0.742. The van der Waals surface area contributed by atoms with E-state index in [0.29, 0.717) is 6.42 Å². The van der Waals surface area contributed by atoms with Gasteiger partial charge in [-0.3, -0.25) is 4.79 Å². The summed E-state index contributed by atoms with van der Waals surface area (Å²) in [4.78, 5) is 10.2. The Morgan fingerprint density at radius 3 is 2.83 bits per heavy atom. The Hall–Kier alpha value is -1.31. The lowest BCUT2D eigenvalue weighted by molar-refractivity contribution is -0.136. The van der Waals surface area contributed by atoms with Crippen molar-refractivity contribution in [2.45, 2.75) is 19.3 Å². The second-order valence-electron chi connectivity index (χ2n) is 2.87. The van der Waals surface area contributed by atoms with E-state index in [1.165, 1.54) is 0 Å². The maximum atomic E-state index is 10.2. The van der Waals surface area contributed by atoms with Gasteiger partial charge in [-0.15, -0.1) is 0 Å². The van der Waals surface area contributed by atoms with Gasteiger partial charge in [0.05, 0.1) is 0 Å². The van der Waals surface area contributed by atoms with E-state index in [0.717, 1.165) is 17.6 Å². The van der Waals surface area contributed by atoms with E-state index >= 15 is 0 Å². The summed E-state index contributed by atoms with van der Waals surface area (Å²) in [6.07, 6.45) is 7.60. The van der Waals surface area contributed by atoms with E-state index in [1.54, 1.807) is 0 Å². The molecule has 2 heteroatoms. The quantitative estimate of drug-likeness (QED) is 0.694. The van der Waals surface area contributed by atoms with Crippen molar-refractivity contribution in [3.63, 3.8) is 0 Å². The Morgan fingerprint density at radius 1 is 1.58 bits per heavy atom. The molecule has 0 heterocycles. The summed E-state index contributed by atoms with van der Waals surface area (Å²) in [5.41, 5.74) is 2.18. The highest BCUT2D eigenvalue weighted by Crippen LogP contribution is 2.17. The fourth-order valence-corrected chi connectivity index (χ4v) is 1.06. The molecule has 0 unspecified atom stereocenters. The lowest BCUT2D eigenvalue weighted by Crippen LogP contribution is -1.96. The molecule has 0 spiro atoms. The third-order valence-corrected chi connectivity index (χ3v) is 1.79. The van der Waals surface area contributed by atoms with E-state index < -0.39 is 5.97 Å². The highest BCUT2D eigenvalue weighted by molar-refractivity contribution is 5.67. The van der Waals surface area contributed by atoms with Crippen LogP contribution in [0.4, 0.5) is 0 Å². The number of aliphatic carboxylic acids is 1. The summed E-state index contributed by atoms with van der Waals surface area (Å²) in [6, 6.07) is 0. The zero-order valence-electron chi connectivity index (χ0n) is 6.92. The molecule has 0 bridgehead atoms. The number of allylic oxidation sites excluding steroid dienone is 5. The average Bonchev–Trinajstić information content (AvgIpc) is 2.03. The molecule has 12 heavy (non-hydrogen) atoms. The van der Waals surface area contributed by atoms with Gasteiger partial charge in [0.1, 0.15) is 0 Å². The summed E-state index contributed by atoms with van der Waals surface area (Å²) in [7, 11) is 0. The van der Waals surface area contributed by atoms with Gasteiger partial charge in [-0.2, -0.15) is 0 Å². The molecule has 64 valence electrons. The maximum Gasteiger partial charge on any atom is 0.303 e. The molecule has 1 aliphatic rings. The Morgan fingerprint density at radius 2 is 2.33 bits per heavy atom. The molecule has 0 aromatic carbocycles. The van der Waals surface area contributed by atoms with Crippen molar-refractivity contribution in [3.05, 3.63) is 36.0 Å². The summed E-state index contributed by atoms with van der Waals surface area (Å²) in [5.74, 6) is -0.742. The Labute approximate surface area is 71.9 Å². The van der Waals surface area contributed by atoms with Crippen molar-refractivity contribution < 1.29 is 9.90 Å². The molecule has 1 aliphatic carbocycles. The monoisotopic (exact) mass is 164 g/mol. The molecule has 2 nitrogen and oxygen atoms in total. The number of hydrogen-bond acceptors (Lipinski definition) is 1. The zero-order valence-corrected chi connectivity index (χ0v) is 6.92. The van der Waals surface area contributed by atoms with Crippen LogP contribution in [0.15, 0.2) is 36.0 Å². The smallest absolute Gasteiger partial charge is 0.303 e. The summed E-state index contributed by atoms with van der Waals surface area (Å²) in [5, 5.41) is 8.43. The summed E-state index contributed by atoms with van der Waals surface area (Å²) < 4.78 is 0. The average molecular weight is 164 g/mol. The summed E-state index contributed by atoms with van der Waals surface area (Å²) >= 11 is 0. The van der Waals surface area contributed by atoms with Crippen molar-refractivity contribution in [2.24, 2.45) is 0 Å². The molecule has 0 amide bonds. The van der Waals surface area contributed by atoms with E-state index in [1.807, 2.05) is 18.2 Å². The van der Waals surface area contributed by atoms with Crippen LogP contribution >= 0.6 is 0 Å². The lowest BCUT2D eigenvalue weighted by Gasteiger charge is -2.06. The minimum absolute atomic E-state index is 0.211. The first-order valence-corrected chi connectivity index (χ1v) is 3.95. The van der Waals surface area contributed by atoms with Crippen LogP contribution in [0.3, 0.4) is 0 Å². The van der Waals surface area contributed by atoms with E-state index in [4.69, 9.17) is 5.11 Å². The second kappa shape index (κ2) is 3.90. The van der Waals surface area contributed by atoms with E-state index in [9.17, 15) is 4.79 Å². The Kier molecular flexibility index (Phi) is 2.86. The molecule has 1 N–H and O–H groups in total. The highest BCUT2D eigenvalue weighted by Gasteiger charge is 2.02. The first-order valence-electron chi connectivity index (χ1n) is 3.95. The van der Waals surface area contributed by atoms with Gasteiger partial charge < -0.3 is 5.11 Å². The third kappa shape index (κ3) is 2.74. The van der Waals surface area contributed by atoms with Gasteiger partial charge in [-0.1, -0.05) is 36.0 Å². The molecule has 0 aromatic heterocycles. The molecule has 0 aromatic rings. The van der Waals surface area contributed by atoms with Crippen LogP contribution in [-0.2, 0) is 4.79 Å². The molecular weight excluding hydrogens is 152 g/mol. The van der Waals surface area contributed by atoms with Gasteiger partial charge in [-0.25, -0.2) is 0 Å². The van der Waals surface area contributed by atoms with Crippen LogP contribution in [0.2, 0.25) is 0 Å². The maximum absolute atomic E-state index is 10.2. The number of carbonyl (C=O) groups is 1. The predicted octanol–water partition coefficient (Wildman–Crippen LogP) is 2.29. The number of carboxylic acids is 1. The minimum Gasteiger partial charge on any atom is -0.481 e. The van der Waals surface area contributed by atoms with Gasteiger partial charge in [0, 0.05) is 6.42 Å². The standard InChI is InChI=1S/C10H12O2/c1-8-2-4-9(5-3-8)6-7-10(11)12/h2,4-5H,1,3,6-7H2,(H,11,12). The third-order valence-electron chi connectivity index (χ3n) is 1.79. The van der Waals surface area contributed by atoms with Crippen LogP contribution in [0.5, 0.6) is 0 Å². The fraction of sp³-hybridized carbons (Fsp3) is 0.300. The highest BCUT2D eigenvalue weighted by atomic mass is 16.4. The van der Waals surface area contributed by atoms with E-state index in [2.05, 4.69) is 6.58 Å². The van der Waals surface area contributed by atoms with E-state index in [-0.39, 0.29) is 6.42 Å². The zero-order chi connectivity index (χ0) is 8.97. The number of carboxylic acid groups (broad SMARTS) is 1. The lowest BCUT2D eigenvalue weighted by atomic mass is 10.0. The molecule has 1 rings (SSSR count). The van der Waals surface area contributed by atoms with Crippen LogP contribution in [0, 0.1) is 0 Å². The van der Waals surface area contributed by atoms with Gasteiger partial charge in [0.25, 0.3) is 0 Å². The van der Waals surface area contributed by atoms with Crippen molar-refractivity contribution in [2.75, 3.05) is 0 Å². The second-order valence-corrected chi connectivity index (χ2v) is 2.87. The van der Waals surface area contributed by atoms with Crippen LogP contribution in [-0.4, -0.2) is 11.1 Å². The molecule has 0 atom stereocenters. The van der Waals surface area contributed by atoms with Gasteiger partial charge in [0.2, 0.25) is 0 Å². The largest absolute Gasteiger partial charge is 0.481 e. The topological polar surface area (TPSA) is 37.3 Å². The fourth-order valence-electron chi connectivity index (χ4n) is 1.06. The molecule has 0 saturated heterocycles. The summed E-state index contributed by atoms with van der Waals surface area (Å²) in [6.45, 7) is 3.80. The van der Waals surface area contributed by atoms with Gasteiger partial charge >= 0.3 is 5.97 Å².